The third-order valence-corrected chi connectivity index (χ3v) is 3.95. The Morgan fingerprint density at radius 1 is 1.41 bits per heavy atom. The van der Waals surface area contributed by atoms with Crippen LogP contribution in [-0.4, -0.2) is 21.8 Å². The fourth-order valence-corrected chi connectivity index (χ4v) is 2.76. The molecule has 88 valence electrons. The van der Waals surface area contributed by atoms with Crippen LogP contribution < -0.4 is 0 Å². The summed E-state index contributed by atoms with van der Waals surface area (Å²) in [6.45, 7) is 0. The molecule has 0 spiro atoms. The normalized spacial score (nSPS) is 10.4. The van der Waals surface area contributed by atoms with Crippen molar-refractivity contribution in [1.29, 1.82) is 0 Å². The summed E-state index contributed by atoms with van der Waals surface area (Å²) in [7, 11) is 0. The van der Waals surface area contributed by atoms with Crippen molar-refractivity contribution in [2.75, 3.05) is 5.75 Å². The van der Waals surface area contributed by atoms with E-state index in [1.54, 1.807) is 12.1 Å². The van der Waals surface area contributed by atoms with Gasteiger partial charge in [0.1, 0.15) is 5.82 Å². The van der Waals surface area contributed by atoms with Crippen LogP contribution in [0.2, 0.25) is 0 Å². The highest BCUT2D eigenvalue weighted by Gasteiger charge is 2.07. The van der Waals surface area contributed by atoms with Gasteiger partial charge in [0.25, 0.3) is 0 Å². The molecule has 0 radical (unpaired) electrons. The largest absolute Gasteiger partial charge is 0.481 e. The van der Waals surface area contributed by atoms with Crippen molar-refractivity contribution in [1.82, 2.24) is 4.98 Å². The minimum absolute atomic E-state index is 0.00360. The fraction of sp³-hybridized carbons (Fsp3) is 0.0909. The monoisotopic (exact) mass is 269 g/mol. The first-order valence-electron chi connectivity index (χ1n) is 4.71. The van der Waals surface area contributed by atoms with Crippen molar-refractivity contribution in [2.45, 2.75) is 4.34 Å². The van der Waals surface area contributed by atoms with Crippen LogP contribution in [0.5, 0.6) is 0 Å². The lowest BCUT2D eigenvalue weighted by molar-refractivity contribution is -0.133. The van der Waals surface area contributed by atoms with E-state index in [2.05, 4.69) is 4.98 Å². The molecule has 1 N–H and O–H groups in total. The molecule has 0 aliphatic carbocycles. The van der Waals surface area contributed by atoms with E-state index >= 15 is 0 Å². The Hall–Kier alpha value is -1.40. The Morgan fingerprint density at radius 2 is 2.12 bits per heavy atom. The first-order valence-corrected chi connectivity index (χ1v) is 6.58. The average molecular weight is 269 g/mol. The second-order valence-corrected chi connectivity index (χ2v) is 5.27. The molecule has 6 heteroatoms. The SMILES string of the molecule is O=C(O)CSc1nc(-c2ccc(F)cc2)cs1. The van der Waals surface area contributed by atoms with Crippen molar-refractivity contribution in [2.24, 2.45) is 0 Å². The van der Waals surface area contributed by atoms with Gasteiger partial charge in [-0.2, -0.15) is 0 Å². The lowest BCUT2D eigenvalue weighted by atomic mass is 10.2. The number of carbonyl (C=O) groups is 1. The van der Waals surface area contributed by atoms with Crippen LogP contribution in [0.1, 0.15) is 0 Å². The highest BCUT2D eigenvalue weighted by Crippen LogP contribution is 2.28. The van der Waals surface area contributed by atoms with Gasteiger partial charge in [-0.05, 0) is 24.3 Å². The summed E-state index contributed by atoms with van der Waals surface area (Å²) in [6.07, 6.45) is 0. The first kappa shape index (κ1) is 12.1. The van der Waals surface area contributed by atoms with Gasteiger partial charge in [-0.1, -0.05) is 11.8 Å². The molecule has 0 saturated heterocycles. The Balaban J connectivity index is 2.12. The summed E-state index contributed by atoms with van der Waals surface area (Å²) in [5.74, 6) is -1.16. The maximum absolute atomic E-state index is 12.7. The smallest absolute Gasteiger partial charge is 0.313 e. The van der Waals surface area contributed by atoms with E-state index in [0.29, 0.717) is 4.34 Å². The maximum atomic E-state index is 12.7. The molecule has 3 nitrogen and oxygen atoms in total. The number of aromatic nitrogens is 1. The molecular weight excluding hydrogens is 261 g/mol. The number of hydrogen-bond donors (Lipinski definition) is 1. The molecule has 0 unspecified atom stereocenters. The number of aliphatic carboxylic acids is 1. The lowest BCUT2D eigenvalue weighted by Gasteiger charge is -1.95. The number of benzene rings is 1. The second-order valence-electron chi connectivity index (χ2n) is 3.19. The summed E-state index contributed by atoms with van der Waals surface area (Å²) in [5, 5.41) is 10.4. The average Bonchev–Trinajstić information content (AvgIpc) is 2.76. The van der Waals surface area contributed by atoms with Gasteiger partial charge < -0.3 is 5.11 Å². The van der Waals surface area contributed by atoms with E-state index in [-0.39, 0.29) is 11.6 Å². The Morgan fingerprint density at radius 3 is 2.76 bits per heavy atom. The van der Waals surface area contributed by atoms with Crippen molar-refractivity contribution in [3.63, 3.8) is 0 Å². The molecule has 2 rings (SSSR count). The summed E-state index contributed by atoms with van der Waals surface area (Å²) in [4.78, 5) is 14.7. The number of rotatable bonds is 4. The Labute approximate surface area is 105 Å². The van der Waals surface area contributed by atoms with Crippen LogP contribution >= 0.6 is 23.1 Å². The van der Waals surface area contributed by atoms with E-state index < -0.39 is 5.97 Å². The highest BCUT2D eigenvalue weighted by atomic mass is 32.2. The lowest BCUT2D eigenvalue weighted by Crippen LogP contribution is -1.96. The molecule has 0 aliphatic heterocycles. The number of thioether (sulfide) groups is 1. The van der Waals surface area contributed by atoms with Crippen LogP contribution in [-0.2, 0) is 4.79 Å². The van der Waals surface area contributed by atoms with Crippen LogP contribution in [0.15, 0.2) is 34.0 Å². The number of carboxylic acids is 1. The Bertz CT molecular complexity index is 525. The maximum Gasteiger partial charge on any atom is 0.313 e. The number of thiazole rings is 1. The number of carboxylic acid groups (broad SMARTS) is 1. The first-order chi connectivity index (χ1) is 8.15. The molecule has 0 amide bonds. The molecule has 0 aliphatic rings. The molecule has 0 fully saturated rings. The van der Waals surface area contributed by atoms with E-state index in [1.807, 2.05) is 5.38 Å². The van der Waals surface area contributed by atoms with Crippen molar-refractivity contribution in [3.8, 4) is 11.3 Å². The highest BCUT2D eigenvalue weighted by molar-refractivity contribution is 8.01. The summed E-state index contributed by atoms with van der Waals surface area (Å²) in [5.41, 5.74) is 1.56. The van der Waals surface area contributed by atoms with Gasteiger partial charge in [-0.3, -0.25) is 4.79 Å². The Kier molecular flexibility index (Phi) is 3.75. The third-order valence-electron chi connectivity index (χ3n) is 1.94. The van der Waals surface area contributed by atoms with Crippen LogP contribution in [0.4, 0.5) is 4.39 Å². The standard InChI is InChI=1S/C11H8FNO2S2/c12-8-3-1-7(2-4-8)9-5-16-11(13-9)17-6-10(14)15/h1-5H,6H2,(H,14,15). The van der Waals surface area contributed by atoms with Crippen LogP contribution in [0, 0.1) is 5.82 Å². The van der Waals surface area contributed by atoms with Gasteiger partial charge in [0.15, 0.2) is 4.34 Å². The molecule has 1 aromatic heterocycles. The minimum Gasteiger partial charge on any atom is -0.481 e. The topological polar surface area (TPSA) is 50.2 Å². The van der Waals surface area contributed by atoms with Crippen molar-refractivity contribution >= 4 is 29.1 Å². The summed E-state index contributed by atoms with van der Waals surface area (Å²) >= 11 is 2.57. The van der Waals surface area contributed by atoms with Gasteiger partial charge in [0, 0.05) is 10.9 Å². The zero-order valence-electron chi connectivity index (χ0n) is 8.59. The summed E-state index contributed by atoms with van der Waals surface area (Å²) in [6, 6.07) is 6.05. The molecule has 0 bridgehead atoms. The number of halogens is 1. The molecule has 1 heterocycles. The predicted molar refractivity (Wildman–Crippen MR) is 65.9 cm³/mol. The quantitative estimate of drug-likeness (QED) is 0.866. The van der Waals surface area contributed by atoms with Crippen LogP contribution in [0.3, 0.4) is 0 Å². The van der Waals surface area contributed by atoms with Gasteiger partial charge in [0.2, 0.25) is 0 Å². The molecule has 2 aromatic rings. The summed E-state index contributed by atoms with van der Waals surface area (Å²) < 4.78 is 13.4. The van der Waals surface area contributed by atoms with E-state index in [9.17, 15) is 9.18 Å². The third kappa shape index (κ3) is 3.28. The van der Waals surface area contributed by atoms with Crippen LogP contribution in [0.25, 0.3) is 11.3 Å². The molecule has 1 aromatic carbocycles. The predicted octanol–water partition coefficient (Wildman–Crippen LogP) is 3.13. The molecule has 0 saturated carbocycles. The van der Waals surface area contributed by atoms with Crippen molar-refractivity contribution in [3.05, 3.63) is 35.5 Å². The van der Waals surface area contributed by atoms with E-state index in [4.69, 9.17) is 5.11 Å². The minimum atomic E-state index is -0.867. The van der Waals surface area contributed by atoms with Crippen molar-refractivity contribution < 1.29 is 14.3 Å². The zero-order chi connectivity index (χ0) is 12.3. The number of hydrogen-bond acceptors (Lipinski definition) is 4. The van der Waals surface area contributed by atoms with Gasteiger partial charge >= 0.3 is 5.97 Å². The zero-order valence-corrected chi connectivity index (χ0v) is 10.2. The second kappa shape index (κ2) is 5.29. The number of nitrogens with zero attached hydrogens (tertiary/aromatic N) is 1. The van der Waals surface area contributed by atoms with E-state index in [0.717, 1.165) is 11.3 Å². The van der Waals surface area contributed by atoms with Gasteiger partial charge in [-0.15, -0.1) is 11.3 Å². The van der Waals surface area contributed by atoms with E-state index in [1.165, 1.54) is 35.2 Å². The van der Waals surface area contributed by atoms with Gasteiger partial charge in [-0.25, -0.2) is 9.37 Å². The van der Waals surface area contributed by atoms with Gasteiger partial charge in [0.05, 0.1) is 11.4 Å². The molecule has 17 heavy (non-hydrogen) atoms. The molecular formula is C11H8FNO2S2. The fourth-order valence-electron chi connectivity index (χ4n) is 1.20. The molecule has 0 atom stereocenters.